The standard InChI is InChI=1S/C12H18BNO6/c1-3-20-12(18)10(14-13(2)19)11(17)7-4-5-8(15)9(16)6-7/h4-6,10-11,14-17,19H,3H2,1-2H3/t10-,11+/m0/s1. The van der Waals surface area contributed by atoms with Crippen molar-refractivity contribution in [3.8, 4) is 11.5 Å². The normalized spacial score (nSPS) is 13.6. The molecule has 0 aliphatic carbocycles. The molecule has 2 atom stereocenters. The van der Waals surface area contributed by atoms with Gasteiger partial charge in [0.15, 0.2) is 11.5 Å². The lowest BCUT2D eigenvalue weighted by molar-refractivity contribution is -0.148. The van der Waals surface area contributed by atoms with E-state index in [1.165, 1.54) is 19.0 Å². The third-order valence-corrected chi connectivity index (χ3v) is 2.62. The maximum atomic E-state index is 11.8. The van der Waals surface area contributed by atoms with Crippen LogP contribution in [-0.4, -0.2) is 46.0 Å². The lowest BCUT2D eigenvalue weighted by atomic mass is 9.85. The van der Waals surface area contributed by atoms with E-state index >= 15 is 0 Å². The SMILES string of the molecule is CCOC(=O)[C@@H](NB(C)O)[C@H](O)c1ccc(O)c(O)c1. The van der Waals surface area contributed by atoms with Crippen molar-refractivity contribution in [2.75, 3.05) is 6.61 Å². The number of ether oxygens (including phenoxy) is 1. The molecule has 0 radical (unpaired) electrons. The summed E-state index contributed by atoms with van der Waals surface area (Å²) in [5.41, 5.74) is 0.200. The molecule has 0 aliphatic rings. The fraction of sp³-hybridized carbons (Fsp3) is 0.417. The molecular formula is C12H18BNO6. The molecule has 0 bridgehead atoms. The molecule has 1 rings (SSSR count). The van der Waals surface area contributed by atoms with E-state index in [0.717, 1.165) is 6.07 Å². The summed E-state index contributed by atoms with van der Waals surface area (Å²) in [5.74, 6) is -1.48. The molecule has 0 aromatic heterocycles. The predicted molar refractivity (Wildman–Crippen MR) is 72.1 cm³/mol. The van der Waals surface area contributed by atoms with Crippen molar-refractivity contribution in [3.05, 3.63) is 23.8 Å². The Labute approximate surface area is 117 Å². The van der Waals surface area contributed by atoms with Crippen LogP contribution >= 0.6 is 0 Å². The number of aliphatic hydroxyl groups excluding tert-OH is 1. The van der Waals surface area contributed by atoms with E-state index in [1.54, 1.807) is 6.92 Å². The van der Waals surface area contributed by atoms with E-state index in [0.29, 0.717) is 0 Å². The van der Waals surface area contributed by atoms with Crippen molar-refractivity contribution in [2.45, 2.75) is 25.9 Å². The average molecular weight is 283 g/mol. The molecule has 0 aliphatic heterocycles. The second-order valence-corrected chi connectivity index (χ2v) is 4.27. The second-order valence-electron chi connectivity index (χ2n) is 4.27. The van der Waals surface area contributed by atoms with Crippen LogP contribution in [0.2, 0.25) is 6.82 Å². The lowest BCUT2D eigenvalue weighted by Gasteiger charge is -2.23. The number of aromatic hydroxyl groups is 2. The number of carbonyl (C=O) groups excluding carboxylic acids is 1. The number of carbonyl (C=O) groups is 1. The number of aliphatic hydroxyl groups is 1. The quantitative estimate of drug-likeness (QED) is 0.278. The molecule has 0 fully saturated rings. The molecule has 1 aromatic rings. The Morgan fingerprint density at radius 1 is 1.40 bits per heavy atom. The number of phenols is 2. The molecule has 8 heteroatoms. The zero-order valence-corrected chi connectivity index (χ0v) is 11.3. The van der Waals surface area contributed by atoms with Crippen molar-refractivity contribution >= 4 is 13.0 Å². The van der Waals surface area contributed by atoms with Crippen LogP contribution < -0.4 is 5.23 Å². The topological polar surface area (TPSA) is 119 Å². The summed E-state index contributed by atoms with van der Waals surface area (Å²) in [6.07, 6.45) is -1.35. The highest BCUT2D eigenvalue weighted by Crippen LogP contribution is 2.29. The smallest absolute Gasteiger partial charge is 0.374 e. The average Bonchev–Trinajstić information content (AvgIpc) is 2.38. The summed E-state index contributed by atoms with van der Waals surface area (Å²) in [6, 6.07) is 2.49. The molecule has 1 aromatic carbocycles. The fourth-order valence-corrected chi connectivity index (χ4v) is 1.70. The Morgan fingerprint density at radius 3 is 2.55 bits per heavy atom. The maximum absolute atomic E-state index is 11.8. The van der Waals surface area contributed by atoms with Gasteiger partial charge in [0.1, 0.15) is 12.1 Å². The van der Waals surface area contributed by atoms with E-state index in [1.807, 2.05) is 0 Å². The maximum Gasteiger partial charge on any atom is 0.374 e. The highest BCUT2D eigenvalue weighted by atomic mass is 16.5. The summed E-state index contributed by atoms with van der Waals surface area (Å²) in [6.45, 7) is 3.15. The van der Waals surface area contributed by atoms with Crippen LogP contribution in [0, 0.1) is 0 Å². The van der Waals surface area contributed by atoms with E-state index < -0.39 is 30.9 Å². The van der Waals surface area contributed by atoms with Crippen molar-refractivity contribution in [1.82, 2.24) is 5.23 Å². The summed E-state index contributed by atoms with van der Waals surface area (Å²) < 4.78 is 4.82. The molecule has 0 unspecified atom stereocenters. The summed E-state index contributed by atoms with van der Waals surface area (Å²) in [7, 11) is -1.04. The van der Waals surface area contributed by atoms with Gasteiger partial charge >= 0.3 is 13.0 Å². The van der Waals surface area contributed by atoms with Crippen LogP contribution in [-0.2, 0) is 9.53 Å². The van der Waals surface area contributed by atoms with Crippen LogP contribution in [0.5, 0.6) is 11.5 Å². The summed E-state index contributed by atoms with van der Waals surface area (Å²) in [5, 5.41) is 40.6. The summed E-state index contributed by atoms with van der Waals surface area (Å²) in [4.78, 5) is 11.8. The third-order valence-electron chi connectivity index (χ3n) is 2.62. The predicted octanol–water partition coefficient (Wildman–Crippen LogP) is -0.237. The van der Waals surface area contributed by atoms with E-state index in [4.69, 9.17) is 4.74 Å². The van der Waals surface area contributed by atoms with E-state index in [9.17, 15) is 25.1 Å². The molecule has 0 saturated carbocycles. The number of esters is 1. The number of nitrogens with one attached hydrogen (secondary N) is 1. The van der Waals surface area contributed by atoms with Gasteiger partial charge in [-0.25, -0.2) is 0 Å². The molecule has 0 amide bonds. The first-order valence-electron chi connectivity index (χ1n) is 6.17. The van der Waals surface area contributed by atoms with Crippen LogP contribution in [0.15, 0.2) is 18.2 Å². The number of benzene rings is 1. The molecule has 5 N–H and O–H groups in total. The number of hydrogen-bond donors (Lipinski definition) is 5. The largest absolute Gasteiger partial charge is 0.504 e. The zero-order valence-electron chi connectivity index (χ0n) is 11.3. The molecule has 0 heterocycles. The Bertz CT molecular complexity index is 467. The Morgan fingerprint density at radius 2 is 2.05 bits per heavy atom. The Balaban J connectivity index is 2.99. The van der Waals surface area contributed by atoms with Crippen molar-refractivity contribution < 1.29 is 29.9 Å². The van der Waals surface area contributed by atoms with E-state index in [-0.39, 0.29) is 17.9 Å². The minimum absolute atomic E-state index is 0.129. The van der Waals surface area contributed by atoms with Crippen LogP contribution in [0.25, 0.3) is 0 Å². The number of rotatable bonds is 6. The van der Waals surface area contributed by atoms with Gasteiger partial charge in [-0.05, 0) is 31.4 Å². The van der Waals surface area contributed by atoms with Gasteiger partial charge in [0, 0.05) is 0 Å². The molecule has 20 heavy (non-hydrogen) atoms. The Hall–Kier alpha value is -1.77. The molecule has 110 valence electrons. The van der Waals surface area contributed by atoms with Crippen LogP contribution in [0.3, 0.4) is 0 Å². The first kappa shape index (κ1) is 16.3. The molecule has 0 spiro atoms. The highest BCUT2D eigenvalue weighted by Gasteiger charge is 2.31. The van der Waals surface area contributed by atoms with Crippen molar-refractivity contribution in [3.63, 3.8) is 0 Å². The third kappa shape index (κ3) is 4.12. The van der Waals surface area contributed by atoms with Gasteiger partial charge in [0.05, 0.1) is 6.61 Å². The van der Waals surface area contributed by atoms with Gasteiger partial charge in [-0.3, -0.25) is 4.79 Å². The highest BCUT2D eigenvalue weighted by molar-refractivity contribution is 6.46. The molecule has 0 saturated heterocycles. The Kier molecular flexibility index (Phi) is 5.81. The van der Waals surface area contributed by atoms with Gasteiger partial charge in [0.2, 0.25) is 0 Å². The second kappa shape index (κ2) is 7.13. The number of phenolic OH excluding ortho intramolecular Hbond substituents is 2. The first-order chi connectivity index (χ1) is 9.36. The molecular weight excluding hydrogens is 265 g/mol. The van der Waals surface area contributed by atoms with E-state index in [2.05, 4.69) is 5.23 Å². The zero-order chi connectivity index (χ0) is 15.3. The minimum Gasteiger partial charge on any atom is -0.504 e. The van der Waals surface area contributed by atoms with Gasteiger partial charge in [-0.1, -0.05) is 6.07 Å². The lowest BCUT2D eigenvalue weighted by Crippen LogP contribution is -2.49. The van der Waals surface area contributed by atoms with Crippen LogP contribution in [0.1, 0.15) is 18.6 Å². The van der Waals surface area contributed by atoms with Crippen molar-refractivity contribution in [1.29, 1.82) is 0 Å². The van der Waals surface area contributed by atoms with Gasteiger partial charge in [-0.15, -0.1) is 0 Å². The fourth-order valence-electron chi connectivity index (χ4n) is 1.70. The van der Waals surface area contributed by atoms with Crippen molar-refractivity contribution in [2.24, 2.45) is 0 Å². The minimum atomic E-state index is -1.35. The molecule has 7 nitrogen and oxygen atoms in total. The van der Waals surface area contributed by atoms with Gasteiger partial charge in [0.25, 0.3) is 0 Å². The first-order valence-corrected chi connectivity index (χ1v) is 6.17. The number of hydrogen-bond acceptors (Lipinski definition) is 7. The van der Waals surface area contributed by atoms with Gasteiger partial charge in [-0.2, -0.15) is 0 Å². The summed E-state index contributed by atoms with van der Waals surface area (Å²) >= 11 is 0. The van der Waals surface area contributed by atoms with Gasteiger partial charge < -0.3 is 30.3 Å². The van der Waals surface area contributed by atoms with Crippen LogP contribution in [0.4, 0.5) is 0 Å². The monoisotopic (exact) mass is 283 g/mol.